The number of hydrogen-bond donors (Lipinski definition) is 0. The first kappa shape index (κ1) is 13.7. The molecule has 0 N–H and O–H groups in total. The van der Waals surface area contributed by atoms with Crippen molar-refractivity contribution in [3.8, 4) is 0 Å². The van der Waals surface area contributed by atoms with Gasteiger partial charge in [-0.1, -0.05) is 18.9 Å². The first-order chi connectivity index (χ1) is 8.31. The van der Waals surface area contributed by atoms with Gasteiger partial charge in [0.2, 0.25) is 11.8 Å². The first-order valence-corrected chi connectivity index (χ1v) is 6.11. The average Bonchev–Trinajstić information content (AvgIpc) is 2.38. The maximum Gasteiger partial charge on any atom is 0.209 e. The Hall–Kier alpha value is -1.32. The van der Waals surface area contributed by atoms with Crippen LogP contribution < -0.4 is 0 Å². The number of ether oxygens (including phenoxy) is 2. The fourth-order valence-electron chi connectivity index (χ4n) is 1.83. The molecule has 0 aromatic heterocycles. The highest BCUT2D eigenvalue weighted by atomic mass is 16.5. The monoisotopic (exact) mass is 238 g/mol. The van der Waals surface area contributed by atoms with Gasteiger partial charge in [0.1, 0.15) is 12.6 Å². The van der Waals surface area contributed by atoms with Gasteiger partial charge in [0.25, 0.3) is 0 Å². The largest absolute Gasteiger partial charge is 0.483 e. The summed E-state index contributed by atoms with van der Waals surface area (Å²) in [5.41, 5.74) is 0. The molecule has 0 saturated carbocycles. The molecular weight excluding hydrogens is 216 g/mol. The number of rotatable bonds is 6. The van der Waals surface area contributed by atoms with Crippen LogP contribution in [-0.4, -0.2) is 38.6 Å². The summed E-state index contributed by atoms with van der Waals surface area (Å²) in [5.74, 6) is 1.43. The van der Waals surface area contributed by atoms with Crippen LogP contribution in [0.15, 0.2) is 22.6 Å². The molecule has 1 atom stereocenters. The van der Waals surface area contributed by atoms with Crippen LogP contribution in [0.5, 0.6) is 0 Å². The SMILES string of the molecule is C=CCCCCCC1N=C(OC)CN=C1OC. The third-order valence-electron chi connectivity index (χ3n) is 2.79. The molecule has 17 heavy (non-hydrogen) atoms. The molecule has 1 rings (SSSR count). The molecule has 0 aliphatic carbocycles. The second kappa shape index (κ2) is 7.87. The van der Waals surface area contributed by atoms with Crippen molar-refractivity contribution in [2.45, 2.75) is 38.1 Å². The summed E-state index contributed by atoms with van der Waals surface area (Å²) in [6.07, 6.45) is 7.53. The maximum absolute atomic E-state index is 5.25. The fraction of sp³-hybridized carbons (Fsp3) is 0.692. The average molecular weight is 238 g/mol. The number of aliphatic imine (C=N–C) groups is 2. The van der Waals surface area contributed by atoms with Crippen molar-refractivity contribution >= 4 is 11.8 Å². The molecule has 0 radical (unpaired) electrons. The Morgan fingerprint density at radius 1 is 1.29 bits per heavy atom. The third kappa shape index (κ3) is 4.59. The van der Waals surface area contributed by atoms with E-state index in [0.29, 0.717) is 12.4 Å². The lowest BCUT2D eigenvalue weighted by Gasteiger charge is -2.19. The molecule has 1 aliphatic rings. The normalized spacial score (nSPS) is 19.3. The summed E-state index contributed by atoms with van der Waals surface area (Å²) in [6.45, 7) is 4.21. The predicted octanol–water partition coefficient (Wildman–Crippen LogP) is 2.59. The van der Waals surface area contributed by atoms with Crippen molar-refractivity contribution in [3.63, 3.8) is 0 Å². The van der Waals surface area contributed by atoms with Gasteiger partial charge >= 0.3 is 0 Å². The first-order valence-electron chi connectivity index (χ1n) is 6.11. The number of methoxy groups -OCH3 is 2. The minimum atomic E-state index is 0.0347. The van der Waals surface area contributed by atoms with Gasteiger partial charge in [0.05, 0.1) is 14.2 Å². The van der Waals surface area contributed by atoms with Gasteiger partial charge in [-0.25, -0.2) is 9.98 Å². The Balaban J connectivity index is 2.37. The highest BCUT2D eigenvalue weighted by molar-refractivity contribution is 5.91. The summed E-state index contributed by atoms with van der Waals surface area (Å²) in [6, 6.07) is 0.0347. The molecule has 1 heterocycles. The minimum absolute atomic E-state index is 0.0347. The van der Waals surface area contributed by atoms with E-state index in [0.717, 1.165) is 25.2 Å². The second-order valence-electron chi connectivity index (χ2n) is 4.03. The van der Waals surface area contributed by atoms with Crippen LogP contribution in [0.1, 0.15) is 32.1 Å². The van der Waals surface area contributed by atoms with Gasteiger partial charge in [-0.2, -0.15) is 0 Å². The lowest BCUT2D eigenvalue weighted by Crippen LogP contribution is -2.28. The Morgan fingerprint density at radius 3 is 2.76 bits per heavy atom. The molecular formula is C13H22N2O2. The number of unbranched alkanes of at least 4 members (excludes halogenated alkanes) is 3. The van der Waals surface area contributed by atoms with Crippen molar-refractivity contribution < 1.29 is 9.47 Å². The zero-order chi connectivity index (χ0) is 12.5. The molecule has 0 amide bonds. The highest BCUT2D eigenvalue weighted by Crippen LogP contribution is 2.14. The molecule has 1 unspecified atom stereocenters. The topological polar surface area (TPSA) is 43.2 Å². The van der Waals surface area contributed by atoms with Crippen LogP contribution >= 0.6 is 0 Å². The quantitative estimate of drug-likeness (QED) is 0.527. The van der Waals surface area contributed by atoms with Gasteiger partial charge in [-0.15, -0.1) is 6.58 Å². The van der Waals surface area contributed by atoms with E-state index in [4.69, 9.17) is 9.47 Å². The molecule has 1 aliphatic heterocycles. The third-order valence-corrected chi connectivity index (χ3v) is 2.79. The Morgan fingerprint density at radius 2 is 2.12 bits per heavy atom. The summed E-state index contributed by atoms with van der Waals surface area (Å²) < 4.78 is 10.4. The van der Waals surface area contributed by atoms with Crippen LogP contribution in [0.4, 0.5) is 0 Å². The molecule has 0 aromatic carbocycles. The smallest absolute Gasteiger partial charge is 0.209 e. The number of nitrogens with zero attached hydrogens (tertiary/aromatic N) is 2. The summed E-state index contributed by atoms with van der Waals surface area (Å²) in [4.78, 5) is 8.81. The van der Waals surface area contributed by atoms with Crippen LogP contribution in [0.3, 0.4) is 0 Å². The summed E-state index contributed by atoms with van der Waals surface area (Å²) in [7, 11) is 3.28. The lowest BCUT2D eigenvalue weighted by atomic mass is 10.1. The van der Waals surface area contributed by atoms with Crippen LogP contribution in [-0.2, 0) is 9.47 Å². The van der Waals surface area contributed by atoms with E-state index in [1.807, 2.05) is 6.08 Å². The fourth-order valence-corrected chi connectivity index (χ4v) is 1.83. The molecule has 0 spiro atoms. The van der Waals surface area contributed by atoms with Crippen molar-refractivity contribution in [2.75, 3.05) is 20.8 Å². The lowest BCUT2D eigenvalue weighted by molar-refractivity contribution is 0.355. The van der Waals surface area contributed by atoms with Gasteiger partial charge in [-0.3, -0.25) is 0 Å². The van der Waals surface area contributed by atoms with Crippen LogP contribution in [0, 0.1) is 0 Å². The standard InChI is InChI=1S/C13H22N2O2/c1-4-5-6-7-8-9-11-13(17-3)14-10-12(15-11)16-2/h4,11H,1,5-10H2,2-3H3. The number of hydrogen-bond acceptors (Lipinski definition) is 4. The van der Waals surface area contributed by atoms with Crippen molar-refractivity contribution in [3.05, 3.63) is 12.7 Å². The Bertz CT molecular complexity index is 298. The van der Waals surface area contributed by atoms with Crippen molar-refractivity contribution in [2.24, 2.45) is 9.98 Å². The van der Waals surface area contributed by atoms with Gasteiger partial charge in [0, 0.05) is 0 Å². The van der Waals surface area contributed by atoms with E-state index in [9.17, 15) is 0 Å². The molecule has 0 bridgehead atoms. The van der Waals surface area contributed by atoms with Gasteiger partial charge < -0.3 is 9.47 Å². The Labute approximate surface area is 103 Å². The second-order valence-corrected chi connectivity index (χ2v) is 4.03. The molecule has 0 saturated heterocycles. The summed E-state index contributed by atoms with van der Waals surface area (Å²) in [5, 5.41) is 0. The van der Waals surface area contributed by atoms with Crippen LogP contribution in [0.25, 0.3) is 0 Å². The van der Waals surface area contributed by atoms with E-state index in [2.05, 4.69) is 16.6 Å². The maximum atomic E-state index is 5.25. The number of allylic oxidation sites excluding steroid dienone is 1. The minimum Gasteiger partial charge on any atom is -0.483 e. The molecule has 96 valence electrons. The van der Waals surface area contributed by atoms with E-state index < -0.39 is 0 Å². The van der Waals surface area contributed by atoms with E-state index in [1.54, 1.807) is 14.2 Å². The Kier molecular flexibility index (Phi) is 6.37. The van der Waals surface area contributed by atoms with E-state index in [-0.39, 0.29) is 6.04 Å². The zero-order valence-electron chi connectivity index (χ0n) is 10.8. The molecule has 0 aromatic rings. The molecule has 0 fully saturated rings. The molecule has 4 heteroatoms. The van der Waals surface area contributed by atoms with E-state index >= 15 is 0 Å². The van der Waals surface area contributed by atoms with Crippen molar-refractivity contribution in [1.82, 2.24) is 0 Å². The van der Waals surface area contributed by atoms with Crippen LogP contribution in [0.2, 0.25) is 0 Å². The highest BCUT2D eigenvalue weighted by Gasteiger charge is 2.20. The zero-order valence-corrected chi connectivity index (χ0v) is 10.8. The van der Waals surface area contributed by atoms with Crippen molar-refractivity contribution in [1.29, 1.82) is 0 Å². The van der Waals surface area contributed by atoms with E-state index in [1.165, 1.54) is 12.8 Å². The van der Waals surface area contributed by atoms with Gasteiger partial charge in [-0.05, 0) is 19.3 Å². The summed E-state index contributed by atoms with van der Waals surface area (Å²) >= 11 is 0. The molecule has 4 nitrogen and oxygen atoms in total. The predicted molar refractivity (Wildman–Crippen MR) is 70.8 cm³/mol. The van der Waals surface area contributed by atoms with Gasteiger partial charge in [0.15, 0.2) is 0 Å².